The van der Waals surface area contributed by atoms with Gasteiger partial charge >= 0.3 is 0 Å². The number of amides is 1. The lowest BCUT2D eigenvalue weighted by Crippen LogP contribution is -2.25. The van der Waals surface area contributed by atoms with Gasteiger partial charge in [0, 0.05) is 19.0 Å². The van der Waals surface area contributed by atoms with E-state index in [-0.39, 0.29) is 18.1 Å². The van der Waals surface area contributed by atoms with Gasteiger partial charge in [-0.1, -0.05) is 11.3 Å². The molecule has 1 amide bonds. The van der Waals surface area contributed by atoms with E-state index in [9.17, 15) is 4.79 Å². The molecule has 1 saturated heterocycles. The van der Waals surface area contributed by atoms with Crippen LogP contribution in [0.25, 0.3) is 0 Å². The summed E-state index contributed by atoms with van der Waals surface area (Å²) in [5, 5.41) is 12.5. The van der Waals surface area contributed by atoms with Crippen molar-refractivity contribution in [3.05, 3.63) is 29.5 Å². The zero-order chi connectivity index (χ0) is 16.1. The van der Waals surface area contributed by atoms with E-state index in [1.54, 1.807) is 11.8 Å². The zero-order valence-electron chi connectivity index (χ0n) is 13.0. The lowest BCUT2D eigenvalue weighted by Gasteiger charge is -2.17. The summed E-state index contributed by atoms with van der Waals surface area (Å²) >= 11 is 3.14. The molecule has 2 atom stereocenters. The Labute approximate surface area is 143 Å². The minimum Gasteiger partial charge on any atom is -0.371 e. The van der Waals surface area contributed by atoms with Crippen molar-refractivity contribution in [2.45, 2.75) is 31.4 Å². The van der Waals surface area contributed by atoms with Gasteiger partial charge in [0.05, 0.1) is 0 Å². The van der Waals surface area contributed by atoms with Crippen molar-refractivity contribution < 1.29 is 9.53 Å². The van der Waals surface area contributed by atoms with Crippen LogP contribution in [0.1, 0.15) is 36.4 Å². The lowest BCUT2D eigenvalue weighted by molar-refractivity contribution is -0.119. The average molecular weight is 352 g/mol. The first-order chi connectivity index (χ1) is 11.3. The smallest absolute Gasteiger partial charge is 0.249 e. The Morgan fingerprint density at radius 3 is 3.04 bits per heavy atom. The maximum absolute atomic E-state index is 12.6. The van der Waals surface area contributed by atoms with Crippen molar-refractivity contribution in [3.63, 3.8) is 0 Å². The Kier molecular flexibility index (Phi) is 5.69. The van der Waals surface area contributed by atoms with Crippen molar-refractivity contribution >= 4 is 34.1 Å². The Balaban J connectivity index is 1.66. The van der Waals surface area contributed by atoms with E-state index >= 15 is 0 Å². The summed E-state index contributed by atoms with van der Waals surface area (Å²) in [7, 11) is 0. The summed E-state index contributed by atoms with van der Waals surface area (Å²) in [6.45, 7) is 0.774. The lowest BCUT2D eigenvalue weighted by atomic mass is 10.2. The number of hydrogen-bond acceptors (Lipinski definition) is 6. The molecule has 1 fully saturated rings. The molecule has 1 aliphatic heterocycles. The number of carbonyl (C=O) groups excluding carboxylic acids is 1. The molecule has 2 aromatic heterocycles. The monoisotopic (exact) mass is 352 g/mol. The Morgan fingerprint density at radius 2 is 2.35 bits per heavy atom. The molecule has 1 aliphatic rings. The van der Waals surface area contributed by atoms with E-state index in [4.69, 9.17) is 4.74 Å². The van der Waals surface area contributed by atoms with Gasteiger partial charge in [-0.25, -0.2) is 0 Å². The molecule has 0 radical (unpaired) electrons. The van der Waals surface area contributed by atoms with Crippen LogP contribution in [0.5, 0.6) is 0 Å². The molecular formula is C15H20N4O2S2. The largest absolute Gasteiger partial charge is 0.371 e. The Bertz CT molecular complexity index is 623. The second-order valence-corrected chi connectivity index (χ2v) is 7.36. The average Bonchev–Trinajstić information content (AvgIpc) is 3.30. The molecule has 0 aliphatic carbocycles. The van der Waals surface area contributed by atoms with Crippen LogP contribution in [-0.4, -0.2) is 39.3 Å². The molecule has 0 saturated carbocycles. The third-order valence-corrected chi connectivity index (χ3v) is 5.34. The summed E-state index contributed by atoms with van der Waals surface area (Å²) in [6.07, 6.45) is 8.72. The molecule has 23 heavy (non-hydrogen) atoms. The van der Waals surface area contributed by atoms with Gasteiger partial charge in [-0.3, -0.25) is 10.1 Å². The molecule has 3 rings (SSSR count). The minimum absolute atomic E-state index is 0.0369. The van der Waals surface area contributed by atoms with Gasteiger partial charge in [-0.05, 0) is 43.4 Å². The topological polar surface area (TPSA) is 69.0 Å². The quantitative estimate of drug-likeness (QED) is 0.829. The highest BCUT2D eigenvalue weighted by molar-refractivity contribution is 7.98. The summed E-state index contributed by atoms with van der Waals surface area (Å²) < 4.78 is 7.54. The van der Waals surface area contributed by atoms with Gasteiger partial charge in [0.1, 0.15) is 17.2 Å². The highest BCUT2D eigenvalue weighted by Crippen LogP contribution is 2.32. The Hall–Kier alpha value is -1.38. The second kappa shape index (κ2) is 7.94. The first-order valence-corrected chi connectivity index (χ1v) is 9.86. The first kappa shape index (κ1) is 16.5. The number of hydrogen-bond donors (Lipinski definition) is 1. The maximum atomic E-state index is 12.6. The summed E-state index contributed by atoms with van der Waals surface area (Å²) in [5.74, 6) is 0.873. The van der Waals surface area contributed by atoms with Crippen LogP contribution in [-0.2, 0) is 9.53 Å². The molecular weight excluding hydrogens is 332 g/mol. The normalized spacial score (nSPS) is 18.9. The van der Waals surface area contributed by atoms with Gasteiger partial charge < -0.3 is 9.30 Å². The number of thioether (sulfide) groups is 1. The number of aromatic nitrogens is 3. The minimum atomic E-state index is -0.229. The van der Waals surface area contributed by atoms with Crippen LogP contribution in [0.4, 0.5) is 5.13 Å². The van der Waals surface area contributed by atoms with E-state index in [1.165, 1.54) is 11.3 Å². The molecule has 3 heterocycles. The Morgan fingerprint density at radius 1 is 1.52 bits per heavy atom. The van der Waals surface area contributed by atoms with Gasteiger partial charge in [-0.2, -0.15) is 11.8 Å². The van der Waals surface area contributed by atoms with Crippen molar-refractivity contribution in [3.8, 4) is 0 Å². The highest BCUT2D eigenvalue weighted by atomic mass is 32.2. The number of nitrogens with one attached hydrogen (secondary N) is 1. The molecule has 8 heteroatoms. The molecule has 0 bridgehead atoms. The number of nitrogens with zero attached hydrogens (tertiary/aromatic N) is 3. The van der Waals surface area contributed by atoms with Crippen molar-refractivity contribution in [2.24, 2.45) is 0 Å². The number of carbonyl (C=O) groups is 1. The van der Waals surface area contributed by atoms with Crippen LogP contribution in [0.15, 0.2) is 24.5 Å². The third-order valence-electron chi connectivity index (χ3n) is 3.76. The van der Waals surface area contributed by atoms with Crippen LogP contribution in [0.3, 0.4) is 0 Å². The maximum Gasteiger partial charge on any atom is 0.249 e. The highest BCUT2D eigenvalue weighted by Gasteiger charge is 2.24. The number of rotatable bonds is 7. The molecule has 124 valence electrons. The van der Waals surface area contributed by atoms with Crippen LogP contribution < -0.4 is 5.32 Å². The summed E-state index contributed by atoms with van der Waals surface area (Å²) in [4.78, 5) is 12.6. The number of anilines is 1. The number of ether oxygens (including phenoxy) is 1. The van der Waals surface area contributed by atoms with Gasteiger partial charge in [0.2, 0.25) is 11.0 Å². The fourth-order valence-electron chi connectivity index (χ4n) is 2.58. The predicted molar refractivity (Wildman–Crippen MR) is 92.9 cm³/mol. The van der Waals surface area contributed by atoms with Crippen LogP contribution in [0.2, 0.25) is 0 Å². The molecule has 2 aromatic rings. The summed E-state index contributed by atoms with van der Waals surface area (Å²) in [5.41, 5.74) is 0. The molecule has 1 N–H and O–H groups in total. The van der Waals surface area contributed by atoms with Gasteiger partial charge in [-0.15, -0.1) is 10.2 Å². The van der Waals surface area contributed by atoms with E-state index in [0.717, 1.165) is 36.6 Å². The molecule has 0 spiro atoms. The van der Waals surface area contributed by atoms with Gasteiger partial charge in [0.15, 0.2) is 0 Å². The van der Waals surface area contributed by atoms with Crippen LogP contribution >= 0.6 is 23.1 Å². The SMILES string of the molecule is CSCC[C@H](C(=O)Nc1nnc([C@H]2CCCO2)s1)n1cccc1. The van der Waals surface area contributed by atoms with Gasteiger partial charge in [0.25, 0.3) is 0 Å². The van der Waals surface area contributed by atoms with E-state index in [1.807, 2.05) is 35.3 Å². The molecule has 0 unspecified atom stereocenters. The second-order valence-electron chi connectivity index (χ2n) is 5.36. The van der Waals surface area contributed by atoms with E-state index in [0.29, 0.717) is 5.13 Å². The van der Waals surface area contributed by atoms with E-state index < -0.39 is 0 Å². The molecule has 6 nitrogen and oxygen atoms in total. The standard InChI is InChI=1S/C15H20N4O2S2/c1-22-10-6-11(19-7-2-3-8-19)13(20)16-15-18-17-14(23-15)12-5-4-9-21-12/h2-3,7-8,11-12H,4-6,9-10H2,1H3,(H,16,18,20)/t11-,12-/m1/s1. The van der Waals surface area contributed by atoms with Crippen LogP contribution in [0, 0.1) is 0 Å². The molecule has 0 aromatic carbocycles. The van der Waals surface area contributed by atoms with Crippen molar-refractivity contribution in [2.75, 3.05) is 23.9 Å². The van der Waals surface area contributed by atoms with E-state index in [2.05, 4.69) is 15.5 Å². The first-order valence-electron chi connectivity index (χ1n) is 7.65. The van der Waals surface area contributed by atoms with Crippen molar-refractivity contribution in [1.29, 1.82) is 0 Å². The fraction of sp³-hybridized carbons (Fsp3) is 0.533. The predicted octanol–water partition coefficient (Wildman–Crippen LogP) is 3.12. The fourth-order valence-corrected chi connectivity index (χ4v) is 3.87. The third kappa shape index (κ3) is 4.13. The van der Waals surface area contributed by atoms with Crippen molar-refractivity contribution in [1.82, 2.24) is 14.8 Å². The zero-order valence-corrected chi connectivity index (χ0v) is 14.6. The summed E-state index contributed by atoms with van der Waals surface area (Å²) in [6, 6.07) is 3.63.